The Morgan fingerprint density at radius 3 is 2.26 bits per heavy atom. The lowest BCUT2D eigenvalue weighted by molar-refractivity contribution is -0.527. The van der Waals surface area contributed by atoms with Crippen LogP contribution >= 0.6 is 0 Å². The molecule has 0 saturated carbocycles. The first-order valence-electron chi connectivity index (χ1n) is 13.4. The van der Waals surface area contributed by atoms with Gasteiger partial charge in [-0.2, -0.15) is 0 Å². The van der Waals surface area contributed by atoms with E-state index in [9.17, 15) is 19.5 Å². The zero-order valence-corrected chi connectivity index (χ0v) is 22.7. The number of nitrogens with one attached hydrogen (secondary N) is 2. The van der Waals surface area contributed by atoms with E-state index in [-0.39, 0.29) is 29.2 Å². The summed E-state index contributed by atoms with van der Waals surface area (Å²) in [6, 6.07) is 13.2. The molecule has 1 aliphatic heterocycles. The summed E-state index contributed by atoms with van der Waals surface area (Å²) in [5, 5.41) is 15.3. The summed E-state index contributed by atoms with van der Waals surface area (Å²) in [7, 11) is 3.26. The number of fused-ring (bicyclic) bond motifs is 2. The molecule has 1 heterocycles. The molecule has 0 fully saturated rings. The van der Waals surface area contributed by atoms with Crippen molar-refractivity contribution >= 4 is 23.5 Å². The summed E-state index contributed by atoms with van der Waals surface area (Å²) >= 11 is 0. The SMILES string of the molecule is CNC(=O)CCC[N+](CCCC(=O)NC)=C1C=CC2C(=C1)Oc1cc(C)ccc1C2c1ccccc1C(=O)O. The third-order valence-electron chi connectivity index (χ3n) is 7.30. The lowest BCUT2D eigenvalue weighted by Gasteiger charge is -2.36. The summed E-state index contributed by atoms with van der Waals surface area (Å²) < 4.78 is 8.64. The van der Waals surface area contributed by atoms with E-state index in [2.05, 4.69) is 21.3 Å². The third kappa shape index (κ3) is 6.45. The summed E-state index contributed by atoms with van der Waals surface area (Å²) in [5.41, 5.74) is 3.98. The molecule has 8 heteroatoms. The Kier molecular flexibility index (Phi) is 8.96. The van der Waals surface area contributed by atoms with Gasteiger partial charge >= 0.3 is 5.97 Å². The number of benzene rings is 2. The molecular weight excluding hydrogens is 494 g/mol. The van der Waals surface area contributed by atoms with E-state index in [4.69, 9.17) is 4.74 Å². The Hall–Kier alpha value is -4.20. The van der Waals surface area contributed by atoms with Crippen molar-refractivity contribution in [3.05, 3.63) is 88.7 Å². The van der Waals surface area contributed by atoms with Gasteiger partial charge in [0.1, 0.15) is 24.6 Å². The van der Waals surface area contributed by atoms with Crippen molar-refractivity contribution in [3.8, 4) is 5.75 Å². The van der Waals surface area contributed by atoms with Gasteiger partial charge in [-0.3, -0.25) is 9.59 Å². The van der Waals surface area contributed by atoms with Gasteiger partial charge in [-0.15, -0.1) is 0 Å². The second kappa shape index (κ2) is 12.6. The maximum atomic E-state index is 12.1. The number of allylic oxidation sites excluding steroid dienone is 3. The van der Waals surface area contributed by atoms with Crippen LogP contribution in [-0.4, -0.2) is 60.4 Å². The fourth-order valence-electron chi connectivity index (χ4n) is 5.27. The standard InChI is InChI=1S/C31H35N3O5/c1-20-12-14-24-26(18-20)39-27-19-21(34(16-6-10-28(35)32-2)17-7-11-29(36)33-3)13-15-25(27)30(24)22-8-4-5-9-23(22)31(37)38/h4-5,8-9,12-15,18-19,25,30H,6-7,10-11,16-17H2,1-3H3,(H2-,32,33,35,36,37,38)/p+1. The Bertz CT molecular complexity index is 1330. The topological polar surface area (TPSA) is 108 Å². The van der Waals surface area contributed by atoms with Crippen molar-refractivity contribution in [2.24, 2.45) is 5.92 Å². The fraction of sp³-hybridized carbons (Fsp3) is 0.355. The van der Waals surface area contributed by atoms with E-state index in [1.807, 2.05) is 49.4 Å². The lowest BCUT2D eigenvalue weighted by atomic mass is 9.74. The Balaban J connectivity index is 1.73. The molecule has 1 aliphatic carbocycles. The number of ether oxygens (including phenoxy) is 1. The molecule has 2 amide bonds. The molecule has 8 nitrogen and oxygen atoms in total. The Morgan fingerprint density at radius 1 is 0.949 bits per heavy atom. The minimum absolute atomic E-state index is 0.00885. The van der Waals surface area contributed by atoms with Crippen molar-refractivity contribution in [1.29, 1.82) is 0 Å². The van der Waals surface area contributed by atoms with Crippen LogP contribution in [0.4, 0.5) is 0 Å². The minimum atomic E-state index is -0.957. The van der Waals surface area contributed by atoms with E-state index in [1.165, 1.54) is 0 Å². The van der Waals surface area contributed by atoms with Gasteiger partial charge in [0.05, 0.1) is 5.56 Å². The van der Waals surface area contributed by atoms with E-state index in [1.54, 1.807) is 26.2 Å². The monoisotopic (exact) mass is 530 g/mol. The highest BCUT2D eigenvalue weighted by atomic mass is 16.5. The van der Waals surface area contributed by atoms with Crippen molar-refractivity contribution in [2.75, 3.05) is 27.2 Å². The number of aromatic carboxylic acids is 1. The van der Waals surface area contributed by atoms with Gasteiger partial charge in [-0.05, 0) is 30.2 Å². The summed E-state index contributed by atoms with van der Waals surface area (Å²) in [5.74, 6) is 0.0998. The van der Waals surface area contributed by atoms with Crippen molar-refractivity contribution < 1.29 is 28.8 Å². The van der Waals surface area contributed by atoms with Gasteiger partial charge in [-0.1, -0.05) is 36.4 Å². The van der Waals surface area contributed by atoms with Gasteiger partial charge < -0.3 is 20.5 Å². The number of carbonyl (C=O) groups excluding carboxylic acids is 2. The predicted octanol–water partition coefficient (Wildman–Crippen LogP) is 3.79. The van der Waals surface area contributed by atoms with Crippen LogP contribution in [0.15, 0.2) is 66.5 Å². The molecule has 0 radical (unpaired) electrons. The average Bonchev–Trinajstić information content (AvgIpc) is 2.94. The molecule has 2 aromatic rings. The molecule has 39 heavy (non-hydrogen) atoms. The quantitative estimate of drug-likeness (QED) is 0.405. The van der Waals surface area contributed by atoms with Gasteiger partial charge in [-0.25, -0.2) is 9.37 Å². The number of hydrogen-bond acceptors (Lipinski definition) is 4. The highest BCUT2D eigenvalue weighted by Crippen LogP contribution is 2.48. The first kappa shape index (κ1) is 27.8. The van der Waals surface area contributed by atoms with E-state index in [0.717, 1.165) is 33.9 Å². The number of hydrogen-bond donors (Lipinski definition) is 3. The smallest absolute Gasteiger partial charge is 0.335 e. The van der Waals surface area contributed by atoms with Crippen LogP contribution in [0.3, 0.4) is 0 Å². The first-order chi connectivity index (χ1) is 18.8. The normalized spacial score (nSPS) is 17.3. The van der Waals surface area contributed by atoms with Crippen LogP contribution in [0.1, 0.15) is 58.6 Å². The van der Waals surface area contributed by atoms with Gasteiger partial charge in [0.2, 0.25) is 17.5 Å². The minimum Gasteiger partial charge on any atom is -0.478 e. The molecule has 204 valence electrons. The molecule has 0 aromatic heterocycles. The maximum Gasteiger partial charge on any atom is 0.335 e. The molecule has 3 N–H and O–H groups in total. The summed E-state index contributed by atoms with van der Waals surface area (Å²) in [6.07, 6.45) is 8.31. The molecule has 0 saturated heterocycles. The largest absolute Gasteiger partial charge is 0.478 e. The molecule has 0 spiro atoms. The van der Waals surface area contributed by atoms with Crippen LogP contribution in [0.2, 0.25) is 0 Å². The average molecular weight is 531 g/mol. The fourth-order valence-corrected chi connectivity index (χ4v) is 5.27. The number of carboxylic acids is 1. The number of aryl methyl sites for hydroxylation is 1. The Labute approximate surface area is 229 Å². The van der Waals surface area contributed by atoms with Gasteiger partial charge in [0.15, 0.2) is 0 Å². The van der Waals surface area contributed by atoms with Crippen LogP contribution in [0.5, 0.6) is 5.75 Å². The molecular formula is C31H36N3O5+. The summed E-state index contributed by atoms with van der Waals surface area (Å²) in [4.78, 5) is 35.8. The van der Waals surface area contributed by atoms with Crippen LogP contribution in [0, 0.1) is 12.8 Å². The lowest BCUT2D eigenvalue weighted by Crippen LogP contribution is -2.31. The zero-order chi connectivity index (χ0) is 27.9. The molecule has 0 bridgehead atoms. The van der Waals surface area contributed by atoms with Crippen LogP contribution in [0.25, 0.3) is 0 Å². The number of nitrogens with zero attached hydrogens (tertiary/aromatic N) is 1. The maximum absolute atomic E-state index is 12.1. The van der Waals surface area contributed by atoms with Crippen molar-refractivity contribution in [2.45, 2.75) is 38.5 Å². The van der Waals surface area contributed by atoms with Crippen molar-refractivity contribution in [3.63, 3.8) is 0 Å². The third-order valence-corrected chi connectivity index (χ3v) is 7.30. The summed E-state index contributed by atoms with van der Waals surface area (Å²) in [6.45, 7) is 3.30. The second-order valence-corrected chi connectivity index (χ2v) is 9.91. The number of carboxylic acid groups (broad SMARTS) is 1. The Morgan fingerprint density at radius 2 is 1.62 bits per heavy atom. The predicted molar refractivity (Wildman–Crippen MR) is 149 cm³/mol. The molecule has 2 aliphatic rings. The van der Waals surface area contributed by atoms with Gasteiger partial charge in [0.25, 0.3) is 0 Å². The van der Waals surface area contributed by atoms with Crippen LogP contribution < -0.4 is 15.4 Å². The molecule has 2 atom stereocenters. The highest BCUT2D eigenvalue weighted by molar-refractivity contribution is 6.02. The second-order valence-electron chi connectivity index (χ2n) is 9.91. The van der Waals surface area contributed by atoms with Crippen molar-refractivity contribution in [1.82, 2.24) is 10.6 Å². The number of amides is 2. The molecule has 2 aromatic carbocycles. The van der Waals surface area contributed by atoms with E-state index < -0.39 is 5.97 Å². The van der Waals surface area contributed by atoms with Gasteiger partial charge in [0, 0.05) is 69.3 Å². The zero-order valence-electron chi connectivity index (χ0n) is 22.7. The van der Waals surface area contributed by atoms with E-state index >= 15 is 0 Å². The molecule has 4 rings (SSSR count). The van der Waals surface area contributed by atoms with E-state index in [0.29, 0.717) is 38.8 Å². The number of carbonyl (C=O) groups is 3. The first-order valence-corrected chi connectivity index (χ1v) is 13.4. The van der Waals surface area contributed by atoms with Crippen LogP contribution in [-0.2, 0) is 9.59 Å². The number of rotatable bonds is 10. The highest BCUT2D eigenvalue weighted by Gasteiger charge is 2.38. The molecule has 2 unspecified atom stereocenters.